The minimum Gasteiger partial charge on any atom is -0.369 e. The standard InChI is InChI=1S/C6H7NO4S2/c7-5(8)3-4-1-2-12-6(4)13(9,10)11/h1-2H,3H2,(H2,7,8)(H,9,10,11). The molecule has 0 saturated heterocycles. The molecule has 13 heavy (non-hydrogen) atoms. The van der Waals surface area contributed by atoms with Crippen molar-refractivity contribution >= 4 is 27.4 Å². The molecule has 72 valence electrons. The molecule has 0 aromatic carbocycles. The summed E-state index contributed by atoms with van der Waals surface area (Å²) in [5, 5.41) is 1.47. The number of primary amides is 1. The average Bonchev–Trinajstić information content (AvgIpc) is 2.31. The second kappa shape index (κ2) is 3.44. The van der Waals surface area contributed by atoms with Crippen LogP contribution in [0.5, 0.6) is 0 Å². The van der Waals surface area contributed by atoms with Gasteiger partial charge in [0, 0.05) is 0 Å². The zero-order valence-electron chi connectivity index (χ0n) is 6.43. The Labute approximate surface area is 78.9 Å². The maximum atomic E-state index is 10.7. The second-order valence-corrected chi connectivity index (χ2v) is 4.88. The molecular weight excluding hydrogens is 214 g/mol. The Morgan fingerprint density at radius 1 is 1.62 bits per heavy atom. The average molecular weight is 221 g/mol. The Morgan fingerprint density at radius 2 is 2.23 bits per heavy atom. The Hall–Kier alpha value is -0.920. The zero-order valence-corrected chi connectivity index (χ0v) is 8.06. The van der Waals surface area contributed by atoms with Gasteiger partial charge in [-0.15, -0.1) is 11.3 Å². The first-order valence-electron chi connectivity index (χ1n) is 3.23. The quantitative estimate of drug-likeness (QED) is 0.703. The smallest absolute Gasteiger partial charge is 0.304 e. The fourth-order valence-corrected chi connectivity index (χ4v) is 2.64. The van der Waals surface area contributed by atoms with E-state index in [9.17, 15) is 13.2 Å². The van der Waals surface area contributed by atoms with E-state index in [4.69, 9.17) is 10.3 Å². The van der Waals surface area contributed by atoms with E-state index in [0.29, 0.717) is 0 Å². The first-order valence-corrected chi connectivity index (χ1v) is 5.55. The highest BCUT2D eigenvalue weighted by atomic mass is 32.3. The van der Waals surface area contributed by atoms with Gasteiger partial charge in [-0.1, -0.05) is 0 Å². The van der Waals surface area contributed by atoms with E-state index >= 15 is 0 Å². The van der Waals surface area contributed by atoms with Gasteiger partial charge in [0.2, 0.25) is 5.91 Å². The van der Waals surface area contributed by atoms with Gasteiger partial charge in [-0.3, -0.25) is 9.35 Å². The van der Waals surface area contributed by atoms with Gasteiger partial charge in [-0.25, -0.2) is 0 Å². The molecule has 0 unspecified atom stereocenters. The van der Waals surface area contributed by atoms with E-state index in [1.54, 1.807) is 0 Å². The predicted molar refractivity (Wildman–Crippen MR) is 47.0 cm³/mol. The van der Waals surface area contributed by atoms with Gasteiger partial charge in [0.15, 0.2) is 4.21 Å². The van der Waals surface area contributed by atoms with Crippen molar-refractivity contribution in [3.05, 3.63) is 17.0 Å². The molecule has 3 N–H and O–H groups in total. The Bertz CT molecular complexity index is 420. The van der Waals surface area contributed by atoms with Crippen molar-refractivity contribution in [2.24, 2.45) is 5.73 Å². The summed E-state index contributed by atoms with van der Waals surface area (Å²) in [6.45, 7) is 0. The van der Waals surface area contributed by atoms with Crippen molar-refractivity contribution in [1.29, 1.82) is 0 Å². The zero-order chi connectivity index (χ0) is 10.1. The Morgan fingerprint density at radius 3 is 2.69 bits per heavy atom. The van der Waals surface area contributed by atoms with Crippen LogP contribution in [0.15, 0.2) is 15.7 Å². The molecule has 0 aliphatic heterocycles. The summed E-state index contributed by atoms with van der Waals surface area (Å²) in [6, 6.07) is 1.44. The van der Waals surface area contributed by atoms with E-state index in [2.05, 4.69) is 0 Å². The fourth-order valence-electron chi connectivity index (χ4n) is 0.867. The summed E-state index contributed by atoms with van der Waals surface area (Å²) in [5.41, 5.74) is 5.12. The van der Waals surface area contributed by atoms with Gasteiger partial charge < -0.3 is 5.73 Å². The number of carbonyl (C=O) groups excluding carboxylic acids is 1. The molecule has 0 spiro atoms. The van der Waals surface area contributed by atoms with Gasteiger partial charge in [0.1, 0.15) is 0 Å². The van der Waals surface area contributed by atoms with Crippen LogP contribution < -0.4 is 5.73 Å². The van der Waals surface area contributed by atoms with Gasteiger partial charge in [0.05, 0.1) is 6.42 Å². The van der Waals surface area contributed by atoms with Gasteiger partial charge in [-0.05, 0) is 17.0 Å². The number of hydrogen-bond acceptors (Lipinski definition) is 4. The first-order chi connectivity index (χ1) is 5.91. The van der Waals surface area contributed by atoms with Crippen molar-refractivity contribution in [3.8, 4) is 0 Å². The molecule has 7 heteroatoms. The highest BCUT2D eigenvalue weighted by molar-refractivity contribution is 7.88. The van der Waals surface area contributed by atoms with Crippen LogP contribution in [-0.4, -0.2) is 18.9 Å². The Balaban J connectivity index is 3.11. The first kappa shape index (κ1) is 10.2. The molecule has 0 atom stereocenters. The molecule has 1 rings (SSSR count). The van der Waals surface area contributed by atoms with Crippen LogP contribution in [-0.2, 0) is 21.3 Å². The molecule has 0 aliphatic rings. The molecule has 0 aliphatic carbocycles. The normalized spacial score (nSPS) is 11.5. The molecule has 0 bridgehead atoms. The third-order valence-corrected chi connectivity index (χ3v) is 3.71. The molecule has 1 heterocycles. The van der Waals surface area contributed by atoms with Gasteiger partial charge >= 0.3 is 10.1 Å². The van der Waals surface area contributed by atoms with Crippen LogP contribution in [0.2, 0.25) is 0 Å². The summed E-state index contributed by atoms with van der Waals surface area (Å²) in [4.78, 5) is 10.5. The monoisotopic (exact) mass is 221 g/mol. The lowest BCUT2D eigenvalue weighted by atomic mass is 10.2. The van der Waals surface area contributed by atoms with Crippen LogP contribution in [0.3, 0.4) is 0 Å². The van der Waals surface area contributed by atoms with Crippen molar-refractivity contribution in [3.63, 3.8) is 0 Å². The number of thiophene rings is 1. The summed E-state index contributed by atoms with van der Waals surface area (Å²) in [7, 11) is -4.23. The van der Waals surface area contributed by atoms with Crippen molar-refractivity contribution < 1.29 is 17.8 Å². The number of rotatable bonds is 3. The third-order valence-electron chi connectivity index (χ3n) is 1.31. The lowest BCUT2D eigenvalue weighted by Crippen LogP contribution is -2.14. The summed E-state index contributed by atoms with van der Waals surface area (Å²) in [6.07, 6.45) is -0.182. The number of nitrogens with two attached hydrogens (primary N) is 1. The topological polar surface area (TPSA) is 97.5 Å². The van der Waals surface area contributed by atoms with E-state index in [1.165, 1.54) is 11.4 Å². The molecule has 0 radical (unpaired) electrons. The van der Waals surface area contributed by atoms with Crippen LogP contribution in [0.4, 0.5) is 0 Å². The van der Waals surface area contributed by atoms with Crippen LogP contribution in [0, 0.1) is 0 Å². The second-order valence-electron chi connectivity index (χ2n) is 2.35. The molecule has 5 nitrogen and oxygen atoms in total. The maximum Gasteiger partial charge on any atom is 0.304 e. The molecule has 1 aromatic heterocycles. The largest absolute Gasteiger partial charge is 0.369 e. The highest BCUT2D eigenvalue weighted by Gasteiger charge is 2.17. The lowest BCUT2D eigenvalue weighted by molar-refractivity contribution is -0.117. The maximum absolute atomic E-state index is 10.7. The summed E-state index contributed by atoms with van der Waals surface area (Å²) >= 11 is 0.853. The van der Waals surface area contributed by atoms with E-state index in [-0.39, 0.29) is 16.2 Å². The van der Waals surface area contributed by atoms with Gasteiger partial charge in [0.25, 0.3) is 0 Å². The number of amides is 1. The van der Waals surface area contributed by atoms with Crippen LogP contribution >= 0.6 is 11.3 Å². The van der Waals surface area contributed by atoms with Crippen LogP contribution in [0.25, 0.3) is 0 Å². The molecule has 0 saturated carbocycles. The predicted octanol–water partition coefficient (Wildman–Crippen LogP) is 0.0226. The summed E-state index contributed by atoms with van der Waals surface area (Å²) < 4.78 is 29.9. The number of hydrogen-bond donors (Lipinski definition) is 2. The Kier molecular flexibility index (Phi) is 2.69. The van der Waals surface area contributed by atoms with E-state index < -0.39 is 16.0 Å². The number of carbonyl (C=O) groups is 1. The SMILES string of the molecule is NC(=O)Cc1ccsc1S(=O)(=O)O. The van der Waals surface area contributed by atoms with E-state index in [0.717, 1.165) is 11.3 Å². The van der Waals surface area contributed by atoms with Crippen molar-refractivity contribution in [2.75, 3.05) is 0 Å². The molecular formula is C6H7NO4S2. The molecule has 1 aromatic rings. The minimum absolute atomic E-state index is 0.182. The molecule has 1 amide bonds. The lowest BCUT2D eigenvalue weighted by Gasteiger charge is -1.96. The highest BCUT2D eigenvalue weighted by Crippen LogP contribution is 2.22. The molecule has 0 fully saturated rings. The van der Waals surface area contributed by atoms with Gasteiger partial charge in [-0.2, -0.15) is 8.42 Å². The van der Waals surface area contributed by atoms with Crippen LogP contribution in [0.1, 0.15) is 5.56 Å². The summed E-state index contributed by atoms with van der Waals surface area (Å²) in [5.74, 6) is -0.636. The minimum atomic E-state index is -4.23. The van der Waals surface area contributed by atoms with Crippen molar-refractivity contribution in [1.82, 2.24) is 0 Å². The fraction of sp³-hybridized carbons (Fsp3) is 0.167. The third kappa shape index (κ3) is 2.51. The van der Waals surface area contributed by atoms with E-state index in [1.807, 2.05) is 0 Å². The van der Waals surface area contributed by atoms with Crippen molar-refractivity contribution in [2.45, 2.75) is 10.6 Å².